The maximum atomic E-state index is 10.9. The van der Waals surface area contributed by atoms with Crippen LogP contribution >= 0.6 is 0 Å². The van der Waals surface area contributed by atoms with Crippen molar-refractivity contribution in [2.24, 2.45) is 0 Å². The van der Waals surface area contributed by atoms with Gasteiger partial charge in [-0.25, -0.2) is 9.78 Å². The van der Waals surface area contributed by atoms with Crippen molar-refractivity contribution in [3.8, 4) is 0 Å². The zero-order valence-electron chi connectivity index (χ0n) is 8.12. The van der Waals surface area contributed by atoms with Gasteiger partial charge >= 0.3 is 5.76 Å². The maximum absolute atomic E-state index is 10.9. The second-order valence-electron chi connectivity index (χ2n) is 3.83. The van der Waals surface area contributed by atoms with E-state index < -0.39 is 5.76 Å². The molecule has 78 valence electrons. The van der Waals surface area contributed by atoms with E-state index >= 15 is 0 Å². The first kappa shape index (κ1) is 8.67. The monoisotopic (exact) mass is 205 g/mol. The van der Waals surface area contributed by atoms with Gasteiger partial charge in [0, 0.05) is 12.7 Å². The fraction of sp³-hybridized carbons (Fsp3) is 0.400. The van der Waals surface area contributed by atoms with Crippen LogP contribution in [0.1, 0.15) is 17.9 Å². The lowest BCUT2D eigenvalue weighted by Crippen LogP contribution is -2.08. The minimum Gasteiger partial charge on any atom is -0.389 e. The number of nitrogens with one attached hydrogen (secondary N) is 2. The Morgan fingerprint density at radius 3 is 3.27 bits per heavy atom. The van der Waals surface area contributed by atoms with Crippen LogP contribution in [0, 0.1) is 0 Å². The van der Waals surface area contributed by atoms with Crippen LogP contribution in [-0.4, -0.2) is 23.1 Å². The summed E-state index contributed by atoms with van der Waals surface area (Å²) < 4.78 is 4.85. The first-order chi connectivity index (χ1) is 7.33. The van der Waals surface area contributed by atoms with Gasteiger partial charge in [0.25, 0.3) is 0 Å². The summed E-state index contributed by atoms with van der Waals surface area (Å²) in [5, 5.41) is 3.30. The summed E-state index contributed by atoms with van der Waals surface area (Å²) in [7, 11) is 0. The third-order valence-corrected chi connectivity index (χ3v) is 2.83. The molecule has 0 bridgehead atoms. The molecule has 0 saturated carbocycles. The van der Waals surface area contributed by atoms with Crippen molar-refractivity contribution >= 4 is 11.2 Å². The van der Waals surface area contributed by atoms with Crippen molar-refractivity contribution in [3.05, 3.63) is 28.4 Å². The lowest BCUT2D eigenvalue weighted by atomic mass is 10.0. The van der Waals surface area contributed by atoms with Gasteiger partial charge in [0.05, 0.1) is 0 Å². The van der Waals surface area contributed by atoms with Crippen LogP contribution in [0.2, 0.25) is 0 Å². The van der Waals surface area contributed by atoms with Crippen molar-refractivity contribution in [2.75, 3.05) is 13.1 Å². The molecule has 1 fully saturated rings. The molecule has 1 aliphatic rings. The molecule has 5 heteroatoms. The second-order valence-corrected chi connectivity index (χ2v) is 3.83. The highest BCUT2D eigenvalue weighted by molar-refractivity contribution is 5.68. The van der Waals surface area contributed by atoms with Gasteiger partial charge in [-0.2, -0.15) is 0 Å². The quantitative estimate of drug-likeness (QED) is 0.715. The highest BCUT2D eigenvalue weighted by Gasteiger charge is 2.17. The van der Waals surface area contributed by atoms with E-state index in [-0.39, 0.29) is 0 Å². The van der Waals surface area contributed by atoms with Crippen LogP contribution < -0.4 is 11.1 Å². The van der Waals surface area contributed by atoms with E-state index in [4.69, 9.17) is 4.42 Å². The largest absolute Gasteiger partial charge is 0.418 e. The lowest BCUT2D eigenvalue weighted by molar-refractivity contribution is 0.545. The number of aromatic amines is 1. The number of H-pyrrole nitrogens is 1. The molecule has 1 atom stereocenters. The lowest BCUT2D eigenvalue weighted by Gasteiger charge is -2.06. The molecule has 0 aromatic carbocycles. The van der Waals surface area contributed by atoms with E-state index in [1.54, 1.807) is 6.20 Å². The Balaban J connectivity index is 2.08. The Hall–Kier alpha value is -1.62. The van der Waals surface area contributed by atoms with Gasteiger partial charge in [-0.15, -0.1) is 0 Å². The van der Waals surface area contributed by atoms with Gasteiger partial charge in [0.2, 0.25) is 5.71 Å². The first-order valence-electron chi connectivity index (χ1n) is 5.02. The third kappa shape index (κ3) is 1.45. The summed E-state index contributed by atoms with van der Waals surface area (Å²) in [5.74, 6) is 0.0551. The topological polar surface area (TPSA) is 70.9 Å². The Kier molecular flexibility index (Phi) is 1.85. The summed E-state index contributed by atoms with van der Waals surface area (Å²) in [5.41, 5.74) is 2.23. The fourth-order valence-corrected chi connectivity index (χ4v) is 2.02. The van der Waals surface area contributed by atoms with Gasteiger partial charge in [-0.1, -0.05) is 0 Å². The molecule has 2 aromatic rings. The molecule has 1 aliphatic heterocycles. The SMILES string of the molecule is O=c1[nH]c2cc(C3CCNC3)cnc2o1. The summed E-state index contributed by atoms with van der Waals surface area (Å²) >= 11 is 0. The molecular weight excluding hydrogens is 194 g/mol. The molecule has 5 nitrogen and oxygen atoms in total. The van der Waals surface area contributed by atoms with Crippen LogP contribution in [0.25, 0.3) is 11.2 Å². The van der Waals surface area contributed by atoms with Crippen LogP contribution in [-0.2, 0) is 0 Å². The number of oxazole rings is 1. The van der Waals surface area contributed by atoms with E-state index in [0.717, 1.165) is 25.1 Å². The van der Waals surface area contributed by atoms with E-state index in [1.807, 2.05) is 6.07 Å². The van der Waals surface area contributed by atoms with Crippen molar-refractivity contribution in [1.82, 2.24) is 15.3 Å². The normalized spacial score (nSPS) is 21.2. The molecule has 3 rings (SSSR count). The molecule has 0 spiro atoms. The molecule has 2 aromatic heterocycles. The second kappa shape index (κ2) is 3.20. The van der Waals surface area contributed by atoms with Crippen LogP contribution in [0.15, 0.2) is 21.5 Å². The predicted octanol–water partition coefficient (Wildman–Crippen LogP) is 0.593. The summed E-state index contributed by atoms with van der Waals surface area (Å²) in [6, 6.07) is 1.95. The van der Waals surface area contributed by atoms with E-state index in [0.29, 0.717) is 17.1 Å². The molecule has 3 heterocycles. The molecule has 15 heavy (non-hydrogen) atoms. The van der Waals surface area contributed by atoms with Crippen molar-refractivity contribution < 1.29 is 4.42 Å². The summed E-state index contributed by atoms with van der Waals surface area (Å²) in [6.45, 7) is 2.03. The number of pyridine rings is 1. The number of nitrogens with zero attached hydrogens (tertiary/aromatic N) is 1. The zero-order valence-corrected chi connectivity index (χ0v) is 8.12. The maximum Gasteiger partial charge on any atom is 0.418 e. The summed E-state index contributed by atoms with van der Waals surface area (Å²) in [6.07, 6.45) is 2.91. The average Bonchev–Trinajstić information content (AvgIpc) is 2.82. The summed E-state index contributed by atoms with van der Waals surface area (Å²) in [4.78, 5) is 17.7. The molecule has 0 radical (unpaired) electrons. The average molecular weight is 205 g/mol. The molecule has 1 saturated heterocycles. The number of fused-ring (bicyclic) bond motifs is 1. The van der Waals surface area contributed by atoms with Crippen molar-refractivity contribution in [1.29, 1.82) is 0 Å². The molecular formula is C10H11N3O2. The van der Waals surface area contributed by atoms with Gasteiger partial charge in [0.1, 0.15) is 5.52 Å². The van der Waals surface area contributed by atoms with Gasteiger partial charge in [-0.05, 0) is 30.5 Å². The van der Waals surface area contributed by atoms with Crippen molar-refractivity contribution in [2.45, 2.75) is 12.3 Å². The Labute approximate surface area is 85.5 Å². The first-order valence-corrected chi connectivity index (χ1v) is 5.02. The smallest absolute Gasteiger partial charge is 0.389 e. The predicted molar refractivity (Wildman–Crippen MR) is 54.9 cm³/mol. The van der Waals surface area contributed by atoms with Crippen LogP contribution in [0.5, 0.6) is 0 Å². The zero-order chi connectivity index (χ0) is 10.3. The molecule has 0 amide bonds. The number of aromatic nitrogens is 2. The minimum atomic E-state index is -0.445. The Bertz CT molecular complexity index is 537. The number of hydrogen-bond donors (Lipinski definition) is 2. The number of rotatable bonds is 1. The molecule has 1 unspecified atom stereocenters. The molecule has 0 aliphatic carbocycles. The standard InChI is InChI=1S/C10H11N3O2/c14-10-13-8-3-7(5-12-9(8)15-10)6-1-2-11-4-6/h3,5-6,11H,1-2,4H2,(H,13,14). The van der Waals surface area contributed by atoms with Crippen LogP contribution in [0.4, 0.5) is 0 Å². The van der Waals surface area contributed by atoms with E-state index in [1.165, 1.54) is 0 Å². The highest BCUT2D eigenvalue weighted by atomic mass is 16.4. The Morgan fingerprint density at radius 2 is 2.47 bits per heavy atom. The van der Waals surface area contributed by atoms with Crippen molar-refractivity contribution in [3.63, 3.8) is 0 Å². The highest BCUT2D eigenvalue weighted by Crippen LogP contribution is 2.23. The molecule has 2 N–H and O–H groups in total. The van der Waals surface area contributed by atoms with Gasteiger partial charge in [0.15, 0.2) is 0 Å². The van der Waals surface area contributed by atoms with Gasteiger partial charge in [-0.3, -0.25) is 4.98 Å². The minimum absolute atomic E-state index is 0.384. The fourth-order valence-electron chi connectivity index (χ4n) is 2.02. The van der Waals surface area contributed by atoms with Gasteiger partial charge < -0.3 is 9.73 Å². The third-order valence-electron chi connectivity index (χ3n) is 2.83. The van der Waals surface area contributed by atoms with E-state index in [2.05, 4.69) is 15.3 Å². The number of hydrogen-bond acceptors (Lipinski definition) is 4. The Morgan fingerprint density at radius 1 is 1.53 bits per heavy atom. The van der Waals surface area contributed by atoms with E-state index in [9.17, 15) is 4.79 Å². The van der Waals surface area contributed by atoms with Crippen LogP contribution in [0.3, 0.4) is 0 Å².